The minimum absolute atomic E-state index is 0.0867. The number of carbonyl (C=O) groups is 2. The Hall–Kier alpha value is -3.44. The second-order valence-electron chi connectivity index (χ2n) is 20.8. The first kappa shape index (κ1) is 70.6. The van der Waals surface area contributed by atoms with Crippen molar-refractivity contribution in [2.45, 2.75) is 302 Å². The van der Waals surface area contributed by atoms with Crippen molar-refractivity contribution in [2.75, 3.05) is 13.2 Å². The molecule has 424 valence electrons. The van der Waals surface area contributed by atoms with Crippen LogP contribution in [0.1, 0.15) is 296 Å². The first-order chi connectivity index (χ1) is 36.6. The summed E-state index contributed by atoms with van der Waals surface area (Å²) < 4.78 is 10.7. The molecule has 0 bridgehead atoms. The highest BCUT2D eigenvalue weighted by Gasteiger charge is 2.16. The molecule has 0 aliphatic rings. The fourth-order valence-corrected chi connectivity index (χ4v) is 8.86. The number of aliphatic hydroxyl groups excluding tert-OH is 1. The van der Waals surface area contributed by atoms with E-state index in [2.05, 4.69) is 123 Å². The van der Waals surface area contributed by atoms with E-state index in [0.717, 1.165) is 89.9 Å². The van der Waals surface area contributed by atoms with Crippen molar-refractivity contribution >= 4 is 11.9 Å². The second-order valence-corrected chi connectivity index (χ2v) is 20.8. The number of ether oxygens (including phenoxy) is 2. The lowest BCUT2D eigenvalue weighted by Crippen LogP contribution is -2.28. The molecule has 0 aromatic rings. The first-order valence-electron chi connectivity index (χ1n) is 31.4. The van der Waals surface area contributed by atoms with Gasteiger partial charge in [-0.05, 0) is 103 Å². The third kappa shape index (κ3) is 61.1. The quantitative estimate of drug-likeness (QED) is 0.0373. The Morgan fingerprint density at radius 1 is 0.324 bits per heavy atom. The zero-order valence-electron chi connectivity index (χ0n) is 48.6. The van der Waals surface area contributed by atoms with Crippen molar-refractivity contribution in [3.8, 4) is 0 Å². The van der Waals surface area contributed by atoms with Crippen LogP contribution in [0.2, 0.25) is 0 Å². The van der Waals surface area contributed by atoms with E-state index in [-0.39, 0.29) is 25.2 Å². The number of allylic oxidation sites excluding steroid dienone is 18. The van der Waals surface area contributed by atoms with Gasteiger partial charge in [-0.2, -0.15) is 0 Å². The normalized spacial score (nSPS) is 13.0. The van der Waals surface area contributed by atoms with E-state index >= 15 is 0 Å². The highest BCUT2D eigenvalue weighted by atomic mass is 16.6. The van der Waals surface area contributed by atoms with Gasteiger partial charge in [0.25, 0.3) is 0 Å². The third-order valence-electron chi connectivity index (χ3n) is 13.6. The molecule has 5 nitrogen and oxygen atoms in total. The van der Waals surface area contributed by atoms with Crippen LogP contribution in [0, 0.1) is 0 Å². The Morgan fingerprint density at radius 3 is 0.905 bits per heavy atom. The predicted octanol–water partition coefficient (Wildman–Crippen LogP) is 21.6. The van der Waals surface area contributed by atoms with Crippen LogP contribution >= 0.6 is 0 Å². The van der Waals surface area contributed by atoms with Gasteiger partial charge in [-0.3, -0.25) is 9.59 Å². The lowest BCUT2D eigenvalue weighted by atomic mass is 10.0. The van der Waals surface area contributed by atoms with Crippen LogP contribution in [0.15, 0.2) is 109 Å². The molecule has 0 aromatic heterocycles. The number of rotatable bonds is 57. The molecule has 5 heteroatoms. The fraction of sp³-hybridized carbons (Fsp3) is 0.710. The number of hydrogen-bond acceptors (Lipinski definition) is 5. The van der Waals surface area contributed by atoms with E-state index in [1.165, 1.54) is 180 Å². The van der Waals surface area contributed by atoms with E-state index in [0.29, 0.717) is 12.8 Å². The van der Waals surface area contributed by atoms with Gasteiger partial charge in [-0.1, -0.05) is 290 Å². The van der Waals surface area contributed by atoms with Crippen molar-refractivity contribution in [3.05, 3.63) is 109 Å². The lowest BCUT2D eigenvalue weighted by Gasteiger charge is -2.15. The molecule has 0 fully saturated rings. The summed E-state index contributed by atoms with van der Waals surface area (Å²) in [5.74, 6) is -0.637. The van der Waals surface area contributed by atoms with Crippen LogP contribution in [-0.2, 0) is 19.1 Å². The maximum absolute atomic E-state index is 12.3. The molecule has 0 heterocycles. The maximum Gasteiger partial charge on any atom is 0.306 e. The van der Waals surface area contributed by atoms with Crippen LogP contribution < -0.4 is 0 Å². The standard InChI is InChI=1S/C69H118O5/c1-3-5-7-9-11-13-15-17-19-21-23-25-26-27-28-29-30-31-32-33-34-35-36-37-38-39-40-41-42-44-45-47-49-51-53-55-57-59-61-63-68(71)73-66-67(65-70)74-69(72)64-62-60-58-56-54-52-50-48-46-43-24-22-20-18-16-14-12-10-8-6-4-2/h6,8,12,14-15,17-18,20-21,23-24,26-27,43,48,50,54,56,67,70H,3-5,7,9-11,13,16,19,22,25,28-42,44-47,49,51-53,55,57-66H2,1-2H3/b8-6-,14-12-,17-15-,20-18-,23-21-,27-26-,43-24-,50-48-,56-54-. The van der Waals surface area contributed by atoms with Crippen LogP contribution in [0.3, 0.4) is 0 Å². The Kier molecular flexibility index (Phi) is 60.9. The first-order valence-corrected chi connectivity index (χ1v) is 31.4. The van der Waals surface area contributed by atoms with Crippen molar-refractivity contribution in [3.63, 3.8) is 0 Å². The minimum Gasteiger partial charge on any atom is -0.462 e. The van der Waals surface area contributed by atoms with E-state index in [4.69, 9.17) is 9.47 Å². The molecule has 0 saturated carbocycles. The SMILES string of the molecule is CC/C=C\C/C=C\C/C=C\C/C=C\C/C=C\C/C=C\CCCCC(=O)OC(CO)COC(=O)CCCCCCCCCCCCCCCCCCCCCCCCCC/C=C\C/C=C\C/C=C\CCCCCCC. The van der Waals surface area contributed by atoms with Gasteiger partial charge in [0.05, 0.1) is 6.61 Å². The third-order valence-corrected chi connectivity index (χ3v) is 13.6. The molecular weight excluding hydrogens is 909 g/mol. The van der Waals surface area contributed by atoms with Gasteiger partial charge in [0.2, 0.25) is 0 Å². The topological polar surface area (TPSA) is 72.8 Å². The van der Waals surface area contributed by atoms with E-state index < -0.39 is 6.10 Å². The van der Waals surface area contributed by atoms with Crippen molar-refractivity contribution in [2.24, 2.45) is 0 Å². The van der Waals surface area contributed by atoms with Gasteiger partial charge in [-0.15, -0.1) is 0 Å². The summed E-state index contributed by atoms with van der Waals surface area (Å²) in [5, 5.41) is 9.65. The second kappa shape index (κ2) is 63.8. The van der Waals surface area contributed by atoms with Gasteiger partial charge < -0.3 is 14.6 Å². The summed E-state index contributed by atoms with van der Waals surface area (Å²) in [5.41, 5.74) is 0. The molecule has 0 spiro atoms. The number of carbonyl (C=O) groups excluding carboxylic acids is 2. The fourth-order valence-electron chi connectivity index (χ4n) is 8.86. The zero-order valence-corrected chi connectivity index (χ0v) is 48.6. The van der Waals surface area contributed by atoms with Gasteiger partial charge in [0.15, 0.2) is 6.10 Å². The number of unbranched alkanes of at least 4 members (excludes halogenated alkanes) is 31. The highest BCUT2D eigenvalue weighted by Crippen LogP contribution is 2.17. The zero-order chi connectivity index (χ0) is 53.4. The lowest BCUT2D eigenvalue weighted by molar-refractivity contribution is -0.161. The summed E-state index contributed by atoms with van der Waals surface area (Å²) in [6.45, 7) is 3.99. The van der Waals surface area contributed by atoms with Crippen molar-refractivity contribution in [1.29, 1.82) is 0 Å². The van der Waals surface area contributed by atoms with Crippen LogP contribution in [0.5, 0.6) is 0 Å². The molecule has 0 aliphatic carbocycles. The average Bonchev–Trinajstić information content (AvgIpc) is 3.40. The number of esters is 2. The van der Waals surface area contributed by atoms with Crippen LogP contribution in [0.25, 0.3) is 0 Å². The molecule has 0 amide bonds. The van der Waals surface area contributed by atoms with Crippen LogP contribution in [-0.4, -0.2) is 36.4 Å². The molecule has 0 radical (unpaired) electrons. The monoisotopic (exact) mass is 1030 g/mol. The predicted molar refractivity (Wildman–Crippen MR) is 325 cm³/mol. The molecule has 1 unspecified atom stereocenters. The van der Waals surface area contributed by atoms with Gasteiger partial charge in [0.1, 0.15) is 6.61 Å². The molecule has 0 aliphatic heterocycles. The van der Waals surface area contributed by atoms with Crippen molar-refractivity contribution in [1.82, 2.24) is 0 Å². The van der Waals surface area contributed by atoms with E-state index in [1.54, 1.807) is 0 Å². The molecule has 74 heavy (non-hydrogen) atoms. The highest BCUT2D eigenvalue weighted by molar-refractivity contribution is 5.70. The molecule has 1 N–H and O–H groups in total. The van der Waals surface area contributed by atoms with E-state index in [9.17, 15) is 14.7 Å². The smallest absolute Gasteiger partial charge is 0.306 e. The van der Waals surface area contributed by atoms with Gasteiger partial charge in [0, 0.05) is 12.8 Å². The van der Waals surface area contributed by atoms with E-state index in [1.807, 2.05) is 0 Å². The van der Waals surface area contributed by atoms with Crippen molar-refractivity contribution < 1.29 is 24.2 Å². The maximum atomic E-state index is 12.3. The molecule has 1 atom stereocenters. The largest absolute Gasteiger partial charge is 0.462 e. The molecule has 0 rings (SSSR count). The minimum atomic E-state index is -0.801. The Balaban J connectivity index is 3.47. The summed E-state index contributed by atoms with van der Waals surface area (Å²) >= 11 is 0. The summed E-state index contributed by atoms with van der Waals surface area (Å²) in [6, 6.07) is 0. The van der Waals surface area contributed by atoms with Gasteiger partial charge in [-0.25, -0.2) is 0 Å². The summed E-state index contributed by atoms with van der Waals surface area (Å²) in [7, 11) is 0. The number of hydrogen-bond donors (Lipinski definition) is 1. The molecular formula is C69H118O5. The Morgan fingerprint density at radius 2 is 0.581 bits per heavy atom. The Bertz CT molecular complexity index is 1440. The summed E-state index contributed by atoms with van der Waals surface area (Å²) in [6.07, 6.45) is 92.4. The number of aliphatic hydroxyl groups is 1. The van der Waals surface area contributed by atoms with Gasteiger partial charge >= 0.3 is 11.9 Å². The Labute approximate surface area is 459 Å². The van der Waals surface area contributed by atoms with Crippen LogP contribution in [0.4, 0.5) is 0 Å². The summed E-state index contributed by atoms with van der Waals surface area (Å²) in [4.78, 5) is 24.5. The molecule has 0 saturated heterocycles. The average molecular weight is 1030 g/mol. The molecule has 0 aromatic carbocycles.